The lowest BCUT2D eigenvalue weighted by Crippen LogP contribution is -2.43. The van der Waals surface area contributed by atoms with Gasteiger partial charge in [-0.2, -0.15) is 13.2 Å². The van der Waals surface area contributed by atoms with Crippen molar-refractivity contribution in [2.75, 3.05) is 56.1 Å². The highest BCUT2D eigenvalue weighted by Gasteiger charge is 2.41. The third-order valence-corrected chi connectivity index (χ3v) is 9.80. The standard InChI is InChI=1S/C38H42F4N4O5S/c1-5-52-36-43-30-18-32(51-21-28(30)35(44-36)45-16-17-50-23-37(2,47)22-45)33-29(38(40,41)42)14-15-31(34(33)39)46(19-24-6-10-26(48-3)11-7-24)20-25-8-12-27(49-4)13-9-25/h6-15,32,47H,5,16-23H2,1-4H3. The monoisotopic (exact) mass is 742 g/mol. The summed E-state index contributed by atoms with van der Waals surface area (Å²) >= 11 is 1.39. The van der Waals surface area contributed by atoms with Crippen LogP contribution in [0.3, 0.4) is 0 Å². The SMILES string of the molecule is CCSc1nc2c(c(N3CCOCC(C)(O)C3)n1)COC(c1c(C(F)(F)F)ccc(N(Cc3ccc(OC)cc3)Cc3ccc(OC)cc3)c1F)C2. The molecule has 0 spiro atoms. The maximum atomic E-state index is 17.1. The fraction of sp³-hybridized carbons (Fsp3) is 0.421. The first kappa shape index (κ1) is 37.6. The number of hydrogen-bond donors (Lipinski definition) is 1. The summed E-state index contributed by atoms with van der Waals surface area (Å²) in [7, 11) is 3.11. The highest BCUT2D eigenvalue weighted by Crippen LogP contribution is 2.44. The Bertz CT molecular complexity index is 1790. The highest BCUT2D eigenvalue weighted by molar-refractivity contribution is 7.99. The number of alkyl halides is 3. The Hall–Kier alpha value is -4.11. The first-order valence-corrected chi connectivity index (χ1v) is 18.0. The third kappa shape index (κ3) is 8.57. The predicted octanol–water partition coefficient (Wildman–Crippen LogP) is 7.37. The zero-order valence-electron chi connectivity index (χ0n) is 29.5. The number of aromatic nitrogens is 2. The molecule has 0 bridgehead atoms. The van der Waals surface area contributed by atoms with Gasteiger partial charge in [0, 0.05) is 37.2 Å². The van der Waals surface area contributed by atoms with E-state index in [9.17, 15) is 18.3 Å². The van der Waals surface area contributed by atoms with Crippen molar-refractivity contribution in [1.82, 2.24) is 9.97 Å². The quantitative estimate of drug-likeness (QED) is 0.0955. The largest absolute Gasteiger partial charge is 0.497 e. The molecule has 2 aliphatic heterocycles. The molecule has 0 aliphatic carbocycles. The third-order valence-electron chi connectivity index (χ3n) is 9.07. The summed E-state index contributed by atoms with van der Waals surface area (Å²) < 4.78 is 83.5. The summed E-state index contributed by atoms with van der Waals surface area (Å²) in [5.74, 6) is 1.46. The second kappa shape index (κ2) is 15.9. The molecule has 2 unspecified atom stereocenters. The van der Waals surface area contributed by atoms with Crippen LogP contribution >= 0.6 is 11.8 Å². The topological polar surface area (TPSA) is 89.4 Å². The smallest absolute Gasteiger partial charge is 0.416 e. The summed E-state index contributed by atoms with van der Waals surface area (Å²) in [5, 5.41) is 11.3. The predicted molar refractivity (Wildman–Crippen MR) is 191 cm³/mol. The van der Waals surface area contributed by atoms with Crippen molar-refractivity contribution in [2.24, 2.45) is 0 Å². The molecule has 0 radical (unpaired) electrons. The summed E-state index contributed by atoms with van der Waals surface area (Å²) in [4.78, 5) is 13.1. The molecule has 0 amide bonds. The van der Waals surface area contributed by atoms with Crippen LogP contribution in [0.1, 0.15) is 53.5 Å². The molecule has 52 heavy (non-hydrogen) atoms. The van der Waals surface area contributed by atoms with Crippen molar-refractivity contribution in [3.05, 3.63) is 100.0 Å². The van der Waals surface area contributed by atoms with Gasteiger partial charge in [0.25, 0.3) is 0 Å². The van der Waals surface area contributed by atoms with Crippen LogP contribution in [0.25, 0.3) is 0 Å². The number of aliphatic hydroxyl groups is 1. The van der Waals surface area contributed by atoms with Crippen molar-refractivity contribution < 1.29 is 41.6 Å². The molecule has 3 heterocycles. The number of thioether (sulfide) groups is 1. The van der Waals surface area contributed by atoms with Crippen LogP contribution in [0.5, 0.6) is 11.5 Å². The lowest BCUT2D eigenvalue weighted by Gasteiger charge is -2.34. The van der Waals surface area contributed by atoms with Crippen LogP contribution in [0.4, 0.5) is 29.1 Å². The van der Waals surface area contributed by atoms with Crippen molar-refractivity contribution in [2.45, 2.75) is 63.0 Å². The van der Waals surface area contributed by atoms with E-state index in [0.717, 1.165) is 17.2 Å². The van der Waals surface area contributed by atoms with Crippen molar-refractivity contribution >= 4 is 23.3 Å². The van der Waals surface area contributed by atoms with Crippen molar-refractivity contribution in [3.8, 4) is 11.5 Å². The van der Waals surface area contributed by atoms with E-state index in [2.05, 4.69) is 0 Å². The molecule has 1 fully saturated rings. The normalized spacial score (nSPS) is 19.2. The molecule has 2 atom stereocenters. The Morgan fingerprint density at radius 2 is 1.62 bits per heavy atom. The van der Waals surface area contributed by atoms with Gasteiger partial charge in [-0.3, -0.25) is 0 Å². The molecule has 3 aromatic carbocycles. The lowest BCUT2D eigenvalue weighted by molar-refractivity contribution is -0.140. The molecule has 0 saturated carbocycles. The molecule has 1 N–H and O–H groups in total. The summed E-state index contributed by atoms with van der Waals surface area (Å²) in [6.45, 7) is 5.04. The van der Waals surface area contributed by atoms with Gasteiger partial charge in [0.2, 0.25) is 0 Å². The average Bonchev–Trinajstić information content (AvgIpc) is 3.31. The molecule has 4 aromatic rings. The zero-order chi connectivity index (χ0) is 37.0. The fourth-order valence-electron chi connectivity index (χ4n) is 6.57. The molecular formula is C38H42F4N4O5S. The minimum Gasteiger partial charge on any atom is -0.497 e. The lowest BCUT2D eigenvalue weighted by atomic mass is 9.93. The number of anilines is 2. The number of benzene rings is 3. The van der Waals surface area contributed by atoms with E-state index >= 15 is 4.39 Å². The molecule has 9 nitrogen and oxygen atoms in total. The Morgan fingerprint density at radius 1 is 0.981 bits per heavy atom. The average molecular weight is 743 g/mol. The van der Waals surface area contributed by atoms with Crippen molar-refractivity contribution in [1.29, 1.82) is 0 Å². The molecule has 2 aliphatic rings. The highest BCUT2D eigenvalue weighted by atomic mass is 32.2. The van der Waals surface area contributed by atoms with E-state index in [0.29, 0.717) is 52.6 Å². The van der Waals surface area contributed by atoms with E-state index in [1.165, 1.54) is 17.8 Å². The van der Waals surface area contributed by atoms with Gasteiger partial charge < -0.3 is 33.9 Å². The van der Waals surface area contributed by atoms with Crippen LogP contribution < -0.4 is 19.3 Å². The fourth-order valence-corrected chi connectivity index (χ4v) is 7.15. The van der Waals surface area contributed by atoms with Crippen LogP contribution in [-0.2, 0) is 41.8 Å². The Balaban J connectivity index is 1.41. The van der Waals surface area contributed by atoms with Gasteiger partial charge >= 0.3 is 6.18 Å². The van der Waals surface area contributed by atoms with E-state index < -0.39 is 34.8 Å². The Kier molecular flexibility index (Phi) is 11.5. The number of nitrogens with zero attached hydrogens (tertiary/aromatic N) is 4. The summed E-state index contributed by atoms with van der Waals surface area (Å²) in [6.07, 6.45) is -6.25. The van der Waals surface area contributed by atoms with E-state index in [1.807, 2.05) is 36.1 Å². The zero-order valence-corrected chi connectivity index (χ0v) is 30.3. The second-order valence-electron chi connectivity index (χ2n) is 13.1. The number of β-amino-alcohol motifs (C(OH)–C–C–N with tert-alkyl or cyclic N) is 1. The van der Waals surface area contributed by atoms with Crippen LogP contribution in [0.15, 0.2) is 65.8 Å². The number of methoxy groups -OCH3 is 2. The van der Waals surface area contributed by atoms with Gasteiger partial charge in [0.1, 0.15) is 22.9 Å². The van der Waals surface area contributed by atoms with Gasteiger partial charge in [0.05, 0.1) is 63.6 Å². The number of ether oxygens (including phenoxy) is 4. The molecule has 1 aromatic heterocycles. The van der Waals surface area contributed by atoms with E-state index in [4.69, 9.17) is 28.9 Å². The molecule has 14 heteroatoms. The maximum absolute atomic E-state index is 17.1. The number of fused-ring (bicyclic) bond motifs is 1. The summed E-state index contributed by atoms with van der Waals surface area (Å²) in [6, 6.07) is 16.6. The van der Waals surface area contributed by atoms with Gasteiger partial charge in [-0.25, -0.2) is 14.4 Å². The van der Waals surface area contributed by atoms with Gasteiger partial charge in [-0.1, -0.05) is 43.0 Å². The van der Waals surface area contributed by atoms with E-state index in [1.54, 1.807) is 50.3 Å². The maximum Gasteiger partial charge on any atom is 0.416 e. The number of rotatable bonds is 11. The van der Waals surface area contributed by atoms with Crippen LogP contribution in [-0.4, -0.2) is 67.0 Å². The van der Waals surface area contributed by atoms with Gasteiger partial charge in [0.15, 0.2) is 11.0 Å². The first-order valence-electron chi connectivity index (χ1n) is 17.0. The van der Waals surface area contributed by atoms with Crippen LogP contribution in [0.2, 0.25) is 0 Å². The molecule has 6 rings (SSSR count). The minimum atomic E-state index is -4.85. The van der Waals surface area contributed by atoms with Crippen molar-refractivity contribution in [3.63, 3.8) is 0 Å². The Labute approximate surface area is 304 Å². The number of halogens is 4. The van der Waals surface area contributed by atoms with E-state index in [-0.39, 0.29) is 45.0 Å². The molecule has 278 valence electrons. The first-order chi connectivity index (χ1) is 24.9. The summed E-state index contributed by atoms with van der Waals surface area (Å²) in [5.41, 5.74) is -0.133. The van der Waals surface area contributed by atoms with Gasteiger partial charge in [-0.15, -0.1) is 0 Å². The second-order valence-corrected chi connectivity index (χ2v) is 14.3. The molecular weight excluding hydrogens is 700 g/mol. The van der Waals surface area contributed by atoms with Crippen LogP contribution in [0, 0.1) is 5.82 Å². The number of hydrogen-bond acceptors (Lipinski definition) is 10. The van der Waals surface area contributed by atoms with Gasteiger partial charge in [-0.05, 0) is 60.2 Å². The molecule has 1 saturated heterocycles. The minimum absolute atomic E-state index is 0.00133. The Morgan fingerprint density at radius 3 is 2.19 bits per heavy atom.